The Morgan fingerprint density at radius 3 is 2.71 bits per heavy atom. The molecule has 1 aliphatic carbocycles. The second kappa shape index (κ2) is 7.82. The summed E-state index contributed by atoms with van der Waals surface area (Å²) in [6.45, 7) is 6.80. The maximum atomic E-state index is 2.44. The van der Waals surface area contributed by atoms with Gasteiger partial charge in [0.2, 0.25) is 0 Å². The minimum absolute atomic E-state index is 0. The maximum absolute atomic E-state index is 2.44. The zero-order chi connectivity index (χ0) is 9.68. The molecule has 1 unspecified atom stereocenters. The van der Waals surface area contributed by atoms with Crippen LogP contribution in [0.15, 0.2) is 23.8 Å². The van der Waals surface area contributed by atoms with Crippen molar-refractivity contribution >= 4 is 0 Å². The third-order valence-corrected chi connectivity index (χ3v) is 2.67. The first-order chi connectivity index (χ1) is 6.18. The molecule has 14 heavy (non-hydrogen) atoms. The summed E-state index contributed by atoms with van der Waals surface area (Å²) >= 11 is 0. The predicted octanol–water partition coefficient (Wildman–Crippen LogP) is 4.33. The normalized spacial score (nSPS) is 22.3. The van der Waals surface area contributed by atoms with Gasteiger partial charge in [-0.25, -0.2) is 0 Å². The van der Waals surface area contributed by atoms with Crippen LogP contribution in [0.4, 0.5) is 0 Å². The van der Waals surface area contributed by atoms with Crippen molar-refractivity contribution < 1.29 is 32.7 Å². The average Bonchev–Trinajstić information content (AvgIpc) is 2.08. The Labute approximate surface area is 114 Å². The molecule has 0 fully saturated rings. The third kappa shape index (κ3) is 6.14. The van der Waals surface area contributed by atoms with Crippen LogP contribution in [-0.4, -0.2) is 0 Å². The topological polar surface area (TPSA) is 0 Å². The first-order valence-electron chi connectivity index (χ1n) is 5.53. The molecule has 1 aliphatic rings. The fourth-order valence-corrected chi connectivity index (χ4v) is 1.70. The third-order valence-electron chi connectivity index (χ3n) is 2.67. The first-order valence-corrected chi connectivity index (χ1v) is 5.53. The van der Waals surface area contributed by atoms with E-state index in [9.17, 15) is 0 Å². The minimum Gasteiger partial charge on any atom is -0.0856 e. The number of allylic oxidation sites excluding steroid dienone is 4. The summed E-state index contributed by atoms with van der Waals surface area (Å²) in [5.41, 5.74) is 1.65. The van der Waals surface area contributed by atoms with Gasteiger partial charge in [0.1, 0.15) is 0 Å². The molecule has 0 aromatic heterocycles. The van der Waals surface area contributed by atoms with Crippen LogP contribution in [-0.2, 0) is 32.7 Å². The minimum atomic E-state index is 0. The van der Waals surface area contributed by atoms with Crippen LogP contribution in [0.2, 0.25) is 0 Å². The Bertz CT molecular complexity index is 201. The zero-order valence-electron chi connectivity index (χ0n) is 9.79. The molecule has 0 amide bonds. The summed E-state index contributed by atoms with van der Waals surface area (Å²) in [4.78, 5) is 0. The standard InChI is InChI=1S/C13H22.Y/c1-11(2)5-4-6-13-9-7-12(3)8-10-13;/h4-5,9,11-12H,6-8,10H2,1-3H3;/b5-4+;. The van der Waals surface area contributed by atoms with Gasteiger partial charge < -0.3 is 0 Å². The first kappa shape index (κ1) is 14.6. The van der Waals surface area contributed by atoms with Crippen molar-refractivity contribution in [2.24, 2.45) is 11.8 Å². The monoisotopic (exact) mass is 267 g/mol. The molecule has 1 heteroatoms. The van der Waals surface area contributed by atoms with E-state index in [4.69, 9.17) is 0 Å². The van der Waals surface area contributed by atoms with Crippen LogP contribution in [0.5, 0.6) is 0 Å². The Kier molecular flexibility index (Phi) is 8.15. The second-order valence-electron chi connectivity index (χ2n) is 4.62. The van der Waals surface area contributed by atoms with Gasteiger partial charge in [0.05, 0.1) is 0 Å². The molecule has 0 saturated heterocycles. The van der Waals surface area contributed by atoms with Crippen LogP contribution in [0, 0.1) is 11.8 Å². The van der Waals surface area contributed by atoms with Gasteiger partial charge in [-0.2, -0.15) is 0 Å². The molecule has 77 valence electrons. The molecule has 1 rings (SSSR count). The summed E-state index contributed by atoms with van der Waals surface area (Å²) in [5, 5.41) is 0. The van der Waals surface area contributed by atoms with E-state index in [1.54, 1.807) is 5.57 Å². The van der Waals surface area contributed by atoms with Gasteiger partial charge >= 0.3 is 0 Å². The molecule has 0 nitrogen and oxygen atoms in total. The van der Waals surface area contributed by atoms with Crippen LogP contribution in [0.3, 0.4) is 0 Å². The number of rotatable bonds is 3. The molecule has 0 N–H and O–H groups in total. The molecule has 0 aromatic carbocycles. The smallest absolute Gasteiger partial charge is 0 e. The molecule has 0 bridgehead atoms. The summed E-state index contributed by atoms with van der Waals surface area (Å²) in [7, 11) is 0. The van der Waals surface area contributed by atoms with Gasteiger partial charge in [-0.15, -0.1) is 0 Å². The van der Waals surface area contributed by atoms with E-state index in [0.717, 1.165) is 5.92 Å². The molecule has 0 spiro atoms. The van der Waals surface area contributed by atoms with Gasteiger partial charge in [0, 0.05) is 32.7 Å². The molecule has 0 aromatic rings. The number of hydrogen-bond acceptors (Lipinski definition) is 0. The van der Waals surface area contributed by atoms with Gasteiger partial charge in [-0.05, 0) is 37.5 Å². The molecule has 1 atom stereocenters. The summed E-state index contributed by atoms with van der Waals surface area (Å²) < 4.78 is 0. The van der Waals surface area contributed by atoms with Crippen molar-refractivity contribution in [3.05, 3.63) is 23.8 Å². The van der Waals surface area contributed by atoms with E-state index in [-0.39, 0.29) is 32.7 Å². The molecule has 1 radical (unpaired) electrons. The SMILES string of the molecule is CC(C)/C=C/CC1=CCC(C)CC1.[Y]. The summed E-state index contributed by atoms with van der Waals surface area (Å²) in [6.07, 6.45) is 12.3. The Balaban J connectivity index is 0.00000169. The van der Waals surface area contributed by atoms with Gasteiger partial charge in [-0.3, -0.25) is 0 Å². The largest absolute Gasteiger partial charge is 0.0856 e. The van der Waals surface area contributed by atoms with Crippen molar-refractivity contribution in [2.75, 3.05) is 0 Å². The molecular weight excluding hydrogens is 245 g/mol. The van der Waals surface area contributed by atoms with Crippen molar-refractivity contribution in [3.8, 4) is 0 Å². The molecule has 0 heterocycles. The van der Waals surface area contributed by atoms with E-state index >= 15 is 0 Å². The zero-order valence-corrected chi connectivity index (χ0v) is 12.6. The molecule has 0 aliphatic heterocycles. The van der Waals surface area contributed by atoms with Crippen LogP contribution in [0.25, 0.3) is 0 Å². The van der Waals surface area contributed by atoms with Crippen LogP contribution < -0.4 is 0 Å². The summed E-state index contributed by atoms with van der Waals surface area (Å²) in [6, 6.07) is 0. The van der Waals surface area contributed by atoms with Gasteiger partial charge in [0.25, 0.3) is 0 Å². The van der Waals surface area contributed by atoms with E-state index in [1.807, 2.05) is 0 Å². The summed E-state index contributed by atoms with van der Waals surface area (Å²) in [5.74, 6) is 1.61. The Morgan fingerprint density at radius 1 is 1.50 bits per heavy atom. The van der Waals surface area contributed by atoms with Crippen molar-refractivity contribution in [1.29, 1.82) is 0 Å². The predicted molar refractivity (Wildman–Crippen MR) is 59.7 cm³/mol. The fraction of sp³-hybridized carbons (Fsp3) is 0.692. The average molecular weight is 267 g/mol. The molecule has 0 saturated carbocycles. The second-order valence-corrected chi connectivity index (χ2v) is 4.62. The van der Waals surface area contributed by atoms with Crippen molar-refractivity contribution in [3.63, 3.8) is 0 Å². The molecular formula is C13H22Y. The van der Waals surface area contributed by atoms with Crippen LogP contribution in [0.1, 0.15) is 46.5 Å². The van der Waals surface area contributed by atoms with Gasteiger partial charge in [-0.1, -0.05) is 44.6 Å². The Morgan fingerprint density at radius 2 is 2.21 bits per heavy atom. The Hall–Kier alpha value is 0.584. The maximum Gasteiger partial charge on any atom is 0 e. The van der Waals surface area contributed by atoms with Gasteiger partial charge in [0.15, 0.2) is 0 Å². The van der Waals surface area contributed by atoms with E-state index in [1.165, 1.54) is 25.7 Å². The van der Waals surface area contributed by atoms with E-state index in [0.29, 0.717) is 5.92 Å². The van der Waals surface area contributed by atoms with E-state index in [2.05, 4.69) is 39.0 Å². The van der Waals surface area contributed by atoms with Crippen molar-refractivity contribution in [2.45, 2.75) is 46.5 Å². The number of hydrogen-bond donors (Lipinski definition) is 0. The van der Waals surface area contributed by atoms with Crippen LogP contribution >= 0.6 is 0 Å². The van der Waals surface area contributed by atoms with E-state index < -0.39 is 0 Å². The van der Waals surface area contributed by atoms with Crippen molar-refractivity contribution in [1.82, 2.24) is 0 Å². The fourth-order valence-electron chi connectivity index (χ4n) is 1.70. The quantitative estimate of drug-likeness (QED) is 0.667.